The first-order chi connectivity index (χ1) is 21.4. The third kappa shape index (κ3) is 7.79. The molecule has 0 radical (unpaired) electrons. The Bertz CT molecular complexity index is 1680. The Hall–Kier alpha value is -4.05. The summed E-state index contributed by atoms with van der Waals surface area (Å²) in [4.78, 5) is 41.7. The van der Waals surface area contributed by atoms with Crippen molar-refractivity contribution < 1.29 is 52.0 Å². The summed E-state index contributed by atoms with van der Waals surface area (Å²) in [6, 6.07) is 8.48. The van der Waals surface area contributed by atoms with Crippen LogP contribution in [0, 0.1) is 0 Å². The summed E-state index contributed by atoms with van der Waals surface area (Å²) in [5, 5.41) is 21.9. The minimum Gasteiger partial charge on any atom is -0.491 e. The van der Waals surface area contributed by atoms with E-state index in [-0.39, 0.29) is 44.0 Å². The number of sulfone groups is 1. The monoisotopic (exact) mass is 660 g/mol. The number of thiazole rings is 1. The number of amides is 1. The molecule has 1 aliphatic heterocycles. The van der Waals surface area contributed by atoms with E-state index in [9.17, 15) is 33.0 Å². The van der Waals surface area contributed by atoms with Crippen LogP contribution in [0.2, 0.25) is 0 Å². The number of rotatable bonds is 13. The van der Waals surface area contributed by atoms with E-state index in [1.165, 1.54) is 24.4 Å². The van der Waals surface area contributed by atoms with Gasteiger partial charge in [0.1, 0.15) is 17.1 Å². The number of anilines is 1. The quantitative estimate of drug-likeness (QED) is 0.225. The molecule has 3 N–H and O–H groups in total. The van der Waals surface area contributed by atoms with Gasteiger partial charge in [0.05, 0.1) is 34.1 Å². The lowest BCUT2D eigenvalue weighted by molar-refractivity contribution is -0.136. The molecule has 1 unspecified atom stereocenters. The van der Waals surface area contributed by atoms with Crippen LogP contribution in [0.15, 0.2) is 47.5 Å². The predicted octanol–water partition coefficient (Wildman–Crippen LogP) is 4.93. The molecule has 0 spiro atoms. The van der Waals surface area contributed by atoms with E-state index in [1.54, 1.807) is 26.0 Å². The average molecular weight is 661 g/mol. The molecule has 15 heteroatoms. The van der Waals surface area contributed by atoms with Crippen molar-refractivity contribution in [2.75, 3.05) is 18.5 Å². The SMILES string of the molecule is CC(C)Oc1cc(Oc2cnc(NC(=O)C(OC3CCOCC3)c3ccc(S(=O)(=O)C4CC4)cc3)s2)c(C(=O)O)c(C(=O)O)c1. The first kappa shape index (κ1) is 32.3. The van der Waals surface area contributed by atoms with Gasteiger partial charge in [-0.15, -0.1) is 0 Å². The number of carboxylic acid groups (broad SMARTS) is 2. The van der Waals surface area contributed by atoms with Gasteiger partial charge in [0.2, 0.25) is 5.06 Å². The van der Waals surface area contributed by atoms with Crippen molar-refractivity contribution >= 4 is 44.2 Å². The average Bonchev–Trinajstić information content (AvgIpc) is 3.77. The van der Waals surface area contributed by atoms with Crippen molar-refractivity contribution in [3.63, 3.8) is 0 Å². The second kappa shape index (κ2) is 13.5. The molecular weight excluding hydrogens is 628 g/mol. The van der Waals surface area contributed by atoms with Crippen LogP contribution in [0.4, 0.5) is 5.13 Å². The summed E-state index contributed by atoms with van der Waals surface area (Å²) >= 11 is 0.884. The molecule has 1 atom stereocenters. The first-order valence-electron chi connectivity index (χ1n) is 14.2. The zero-order valence-electron chi connectivity index (χ0n) is 24.4. The number of carbonyl (C=O) groups is 3. The minimum atomic E-state index is -3.41. The maximum absolute atomic E-state index is 13.5. The largest absolute Gasteiger partial charge is 0.491 e. The van der Waals surface area contributed by atoms with Gasteiger partial charge in [0, 0.05) is 19.3 Å². The number of carbonyl (C=O) groups excluding carboxylic acids is 1. The number of benzene rings is 2. The van der Waals surface area contributed by atoms with Gasteiger partial charge in [-0.3, -0.25) is 10.1 Å². The van der Waals surface area contributed by atoms with E-state index in [2.05, 4.69) is 10.3 Å². The fourth-order valence-electron chi connectivity index (χ4n) is 4.74. The zero-order valence-corrected chi connectivity index (χ0v) is 26.1. The third-order valence-corrected chi connectivity index (χ3v) is 10.1. The molecule has 0 bridgehead atoms. The van der Waals surface area contributed by atoms with E-state index < -0.39 is 44.9 Å². The molecule has 2 aliphatic rings. The lowest BCUT2D eigenvalue weighted by Crippen LogP contribution is -2.31. The smallest absolute Gasteiger partial charge is 0.340 e. The molecule has 1 saturated heterocycles. The molecule has 2 heterocycles. The molecule has 3 aromatic rings. The highest BCUT2D eigenvalue weighted by atomic mass is 32.2. The van der Waals surface area contributed by atoms with Crippen LogP contribution in [-0.4, -0.2) is 72.1 Å². The molecule has 1 amide bonds. The standard InChI is InChI=1S/C30H32N2O11S2/c1-16(2)41-19-13-22(28(34)35)25(29(36)37)23(14-19)43-24-15-31-30(44-24)32-27(33)26(42-18-9-11-40-12-10-18)17-3-5-20(6-4-17)45(38,39)21-7-8-21/h3-6,13-16,18,21,26H,7-12H2,1-2H3,(H,34,35)(H,36,37)(H,31,32,33). The molecule has 1 aromatic heterocycles. The summed E-state index contributed by atoms with van der Waals surface area (Å²) in [7, 11) is -3.41. The van der Waals surface area contributed by atoms with Crippen LogP contribution in [0.5, 0.6) is 16.6 Å². The second-order valence-corrected chi connectivity index (χ2v) is 14.1. The van der Waals surface area contributed by atoms with Gasteiger partial charge < -0.3 is 29.2 Å². The van der Waals surface area contributed by atoms with Crippen LogP contribution in [0.1, 0.15) is 71.9 Å². The van der Waals surface area contributed by atoms with E-state index in [0.717, 1.165) is 17.4 Å². The van der Waals surface area contributed by atoms with Gasteiger partial charge in [-0.2, -0.15) is 0 Å². The van der Waals surface area contributed by atoms with Crippen molar-refractivity contribution in [1.82, 2.24) is 4.98 Å². The van der Waals surface area contributed by atoms with Crippen LogP contribution < -0.4 is 14.8 Å². The summed E-state index contributed by atoms with van der Waals surface area (Å²) in [5.41, 5.74) is -0.636. The van der Waals surface area contributed by atoms with Crippen LogP contribution in [0.25, 0.3) is 0 Å². The van der Waals surface area contributed by atoms with E-state index in [1.807, 2.05) is 0 Å². The Kier molecular flexibility index (Phi) is 9.72. The third-order valence-electron chi connectivity index (χ3n) is 7.03. The number of nitrogens with zero attached hydrogens (tertiary/aromatic N) is 1. The number of aromatic carboxylic acids is 2. The van der Waals surface area contributed by atoms with Crippen molar-refractivity contribution in [1.29, 1.82) is 0 Å². The number of ether oxygens (including phenoxy) is 4. The lowest BCUT2D eigenvalue weighted by Gasteiger charge is -2.27. The van der Waals surface area contributed by atoms with Crippen LogP contribution in [0.3, 0.4) is 0 Å². The number of hydrogen-bond donors (Lipinski definition) is 3. The minimum absolute atomic E-state index is 0.0716. The molecule has 5 rings (SSSR count). The number of nitrogens with one attached hydrogen (secondary N) is 1. The normalized spacial score (nSPS) is 16.2. The topological polar surface area (TPSA) is 188 Å². The van der Waals surface area contributed by atoms with Crippen LogP contribution >= 0.6 is 11.3 Å². The zero-order chi connectivity index (χ0) is 32.3. The van der Waals surface area contributed by atoms with Gasteiger partial charge in [-0.1, -0.05) is 23.5 Å². The highest BCUT2D eigenvalue weighted by Crippen LogP contribution is 2.38. The molecule has 1 saturated carbocycles. The first-order valence-corrected chi connectivity index (χ1v) is 16.6. The fraction of sp³-hybridized carbons (Fsp3) is 0.400. The molecule has 240 valence electrons. The van der Waals surface area contributed by atoms with Gasteiger partial charge >= 0.3 is 11.9 Å². The van der Waals surface area contributed by atoms with Gasteiger partial charge in [0.25, 0.3) is 5.91 Å². The Morgan fingerprint density at radius 1 is 1.02 bits per heavy atom. The summed E-state index contributed by atoms with van der Waals surface area (Å²) in [6.45, 7) is 4.42. The number of aromatic nitrogens is 1. The Balaban J connectivity index is 1.37. The van der Waals surface area contributed by atoms with Gasteiger partial charge in [-0.05, 0) is 63.3 Å². The van der Waals surface area contributed by atoms with Crippen LogP contribution in [-0.2, 0) is 24.1 Å². The van der Waals surface area contributed by atoms with E-state index >= 15 is 0 Å². The highest BCUT2D eigenvalue weighted by Gasteiger charge is 2.37. The van der Waals surface area contributed by atoms with Gasteiger partial charge in [-0.25, -0.2) is 23.0 Å². The van der Waals surface area contributed by atoms with Gasteiger partial charge in [0.15, 0.2) is 21.1 Å². The predicted molar refractivity (Wildman–Crippen MR) is 161 cm³/mol. The molecular formula is C30H32N2O11S2. The maximum atomic E-state index is 13.5. The number of hydrogen-bond acceptors (Lipinski definition) is 11. The maximum Gasteiger partial charge on any atom is 0.340 e. The molecule has 2 fully saturated rings. The molecule has 13 nitrogen and oxygen atoms in total. The Morgan fingerprint density at radius 3 is 2.31 bits per heavy atom. The van der Waals surface area contributed by atoms with Crippen molar-refractivity contribution in [3.8, 4) is 16.6 Å². The summed E-state index contributed by atoms with van der Waals surface area (Å²) in [6.07, 6.45) is 2.00. The van der Waals surface area contributed by atoms with Crippen molar-refractivity contribution in [3.05, 3.63) is 59.3 Å². The highest BCUT2D eigenvalue weighted by molar-refractivity contribution is 7.92. The number of carboxylic acids is 2. The summed E-state index contributed by atoms with van der Waals surface area (Å²) in [5.74, 6) is -3.73. The summed E-state index contributed by atoms with van der Waals surface area (Å²) < 4.78 is 48.3. The molecule has 2 aromatic carbocycles. The lowest BCUT2D eigenvalue weighted by atomic mass is 10.1. The van der Waals surface area contributed by atoms with Crippen molar-refractivity contribution in [2.45, 2.75) is 68.0 Å². The van der Waals surface area contributed by atoms with Crippen molar-refractivity contribution in [2.24, 2.45) is 0 Å². The molecule has 1 aliphatic carbocycles. The Labute approximate surface area is 263 Å². The van der Waals surface area contributed by atoms with E-state index in [0.29, 0.717) is 44.5 Å². The fourth-order valence-corrected chi connectivity index (χ4v) is 7.08. The molecule has 45 heavy (non-hydrogen) atoms. The second-order valence-electron chi connectivity index (χ2n) is 10.8. The Morgan fingerprint density at radius 2 is 1.71 bits per heavy atom. The van der Waals surface area contributed by atoms with E-state index in [4.69, 9.17) is 18.9 Å².